The van der Waals surface area contributed by atoms with Crippen molar-refractivity contribution in [3.8, 4) is 22.6 Å². The number of fused-ring (bicyclic) bond motifs is 1. The molecule has 2 heterocycles. The first-order valence-corrected chi connectivity index (χ1v) is 13.5. The molecule has 4 aromatic rings. The Labute approximate surface area is 226 Å². The molecule has 0 radical (unpaired) electrons. The van der Waals surface area contributed by atoms with E-state index in [0.717, 1.165) is 16.7 Å². The van der Waals surface area contributed by atoms with E-state index in [1.54, 1.807) is 14.2 Å². The van der Waals surface area contributed by atoms with Crippen LogP contribution in [0.3, 0.4) is 0 Å². The Balaban J connectivity index is 1.58. The van der Waals surface area contributed by atoms with Crippen molar-refractivity contribution in [1.29, 1.82) is 0 Å². The van der Waals surface area contributed by atoms with Gasteiger partial charge in [0, 0.05) is 30.6 Å². The lowest BCUT2D eigenvalue weighted by Gasteiger charge is -2.25. The van der Waals surface area contributed by atoms with Crippen molar-refractivity contribution in [2.45, 2.75) is 33.0 Å². The highest BCUT2D eigenvalue weighted by atomic mass is 32.1. The highest BCUT2D eigenvalue weighted by Gasteiger charge is 2.18. The Hall–Kier alpha value is -3.24. The smallest absolute Gasteiger partial charge is 0.260 e. The van der Waals surface area contributed by atoms with Crippen LogP contribution >= 0.6 is 11.3 Å². The van der Waals surface area contributed by atoms with Gasteiger partial charge in [-0.3, -0.25) is 9.69 Å². The summed E-state index contributed by atoms with van der Waals surface area (Å²) >= 11 is 1.43. The van der Waals surface area contributed by atoms with Crippen LogP contribution in [0.1, 0.15) is 25.2 Å². The van der Waals surface area contributed by atoms with Gasteiger partial charge in [-0.2, -0.15) is 0 Å². The van der Waals surface area contributed by atoms with Gasteiger partial charge < -0.3 is 24.3 Å². The number of nitrogens with one attached hydrogen (secondary N) is 1. The van der Waals surface area contributed by atoms with E-state index in [1.165, 1.54) is 11.3 Å². The number of H-pyrrole nitrogens is 1. The number of thiophene rings is 1. The summed E-state index contributed by atoms with van der Waals surface area (Å²) in [5, 5.41) is 13.1. The lowest BCUT2D eigenvalue weighted by atomic mass is 10.1. The van der Waals surface area contributed by atoms with Crippen molar-refractivity contribution < 1.29 is 19.3 Å². The third kappa shape index (κ3) is 6.99. The molecule has 0 aliphatic rings. The Bertz CT molecular complexity index is 1390. The fraction of sp³-hybridized carbons (Fsp3) is 0.379. The van der Waals surface area contributed by atoms with Crippen LogP contribution in [0, 0.1) is 5.92 Å². The van der Waals surface area contributed by atoms with Gasteiger partial charge in [0.15, 0.2) is 11.5 Å². The summed E-state index contributed by atoms with van der Waals surface area (Å²) in [6.07, 6.45) is -0.661. The molecule has 8 nitrogen and oxygen atoms in total. The van der Waals surface area contributed by atoms with Crippen LogP contribution in [0.25, 0.3) is 21.3 Å². The molecule has 0 spiro atoms. The maximum absolute atomic E-state index is 13.3. The fourth-order valence-corrected chi connectivity index (χ4v) is 5.28. The van der Waals surface area contributed by atoms with E-state index in [9.17, 15) is 9.90 Å². The number of hydrogen-bond acceptors (Lipinski definition) is 8. The number of nitrogens with zero attached hydrogens (tertiary/aromatic N) is 2. The van der Waals surface area contributed by atoms with E-state index < -0.39 is 6.10 Å². The first-order valence-electron chi connectivity index (χ1n) is 12.6. The predicted molar refractivity (Wildman–Crippen MR) is 151 cm³/mol. The monoisotopic (exact) mass is 537 g/mol. The first-order chi connectivity index (χ1) is 18.4. The molecule has 2 N–H and O–H groups in total. The van der Waals surface area contributed by atoms with Gasteiger partial charge in [0.2, 0.25) is 0 Å². The third-order valence-corrected chi connectivity index (χ3v) is 6.91. The minimum atomic E-state index is -0.661. The van der Waals surface area contributed by atoms with Crippen LogP contribution in [0.15, 0.2) is 58.7 Å². The topological polar surface area (TPSA) is 96.9 Å². The summed E-state index contributed by atoms with van der Waals surface area (Å²) in [6, 6.07) is 15.6. The molecular weight excluding hydrogens is 502 g/mol. The van der Waals surface area contributed by atoms with E-state index in [-0.39, 0.29) is 12.2 Å². The van der Waals surface area contributed by atoms with Crippen molar-refractivity contribution in [3.05, 3.63) is 75.7 Å². The predicted octanol–water partition coefficient (Wildman–Crippen LogP) is 4.70. The number of aromatic amines is 1. The lowest BCUT2D eigenvalue weighted by molar-refractivity contribution is 0.00517. The number of aromatic nitrogens is 2. The Morgan fingerprint density at radius 3 is 2.50 bits per heavy atom. The number of rotatable bonds is 13. The van der Waals surface area contributed by atoms with Crippen LogP contribution in [0.2, 0.25) is 0 Å². The van der Waals surface area contributed by atoms with Crippen molar-refractivity contribution in [1.82, 2.24) is 14.9 Å². The van der Waals surface area contributed by atoms with Crippen LogP contribution in [0.5, 0.6) is 11.5 Å². The molecule has 0 fully saturated rings. The molecule has 0 amide bonds. The highest BCUT2D eigenvalue weighted by Crippen LogP contribution is 2.36. The molecule has 38 heavy (non-hydrogen) atoms. The average Bonchev–Trinajstić information content (AvgIpc) is 3.33. The summed E-state index contributed by atoms with van der Waals surface area (Å²) in [5.41, 5.74) is 2.56. The van der Waals surface area contributed by atoms with Gasteiger partial charge >= 0.3 is 0 Å². The number of ether oxygens (including phenoxy) is 3. The van der Waals surface area contributed by atoms with Gasteiger partial charge in [0.1, 0.15) is 10.7 Å². The maximum Gasteiger partial charge on any atom is 0.260 e. The zero-order chi connectivity index (χ0) is 27.1. The van der Waals surface area contributed by atoms with Crippen molar-refractivity contribution in [2.75, 3.05) is 34.0 Å². The van der Waals surface area contributed by atoms with Crippen molar-refractivity contribution >= 4 is 21.6 Å². The van der Waals surface area contributed by atoms with Crippen LogP contribution in [0.4, 0.5) is 0 Å². The first kappa shape index (κ1) is 27.8. The maximum atomic E-state index is 13.3. The van der Waals surface area contributed by atoms with E-state index in [0.29, 0.717) is 59.7 Å². The summed E-state index contributed by atoms with van der Waals surface area (Å²) < 4.78 is 16.4. The van der Waals surface area contributed by atoms with Gasteiger partial charge in [0.05, 0.1) is 38.9 Å². The number of hydrogen-bond donors (Lipinski definition) is 2. The second kappa shape index (κ2) is 13.0. The third-order valence-electron chi connectivity index (χ3n) is 6.04. The standard InChI is InChI=1S/C29H35N3O5S/c1-19(2)16-37-17-22(33)14-32(13-20-8-6-5-7-9-20)15-26-30-28(34)27-23(18-38-29(27)31-26)21-10-11-24(35-3)25(12-21)36-4/h5-12,18-19,22,33H,13-17H2,1-4H3,(H,30,31,34)/t22-/m0/s1. The summed E-state index contributed by atoms with van der Waals surface area (Å²) in [6.45, 7) is 6.38. The van der Waals surface area contributed by atoms with E-state index in [2.05, 4.69) is 23.7 Å². The molecule has 4 rings (SSSR count). The molecule has 1 atom stereocenters. The molecule has 0 unspecified atom stereocenters. The van der Waals surface area contributed by atoms with E-state index >= 15 is 0 Å². The summed E-state index contributed by atoms with van der Waals surface area (Å²) in [4.78, 5) is 23.8. The molecular formula is C29H35N3O5S. The van der Waals surface area contributed by atoms with Crippen molar-refractivity contribution in [2.24, 2.45) is 5.92 Å². The molecule has 202 valence electrons. The molecule has 2 aromatic carbocycles. The quantitative estimate of drug-likeness (QED) is 0.255. The summed E-state index contributed by atoms with van der Waals surface area (Å²) in [5.74, 6) is 2.17. The minimum absolute atomic E-state index is 0.198. The molecule has 9 heteroatoms. The van der Waals surface area contributed by atoms with Gasteiger partial charge in [-0.1, -0.05) is 50.2 Å². The Kier molecular flexibility index (Phi) is 9.52. The number of benzene rings is 2. The lowest BCUT2D eigenvalue weighted by Crippen LogP contribution is -2.35. The molecule has 0 aliphatic heterocycles. The number of aliphatic hydroxyl groups is 1. The average molecular weight is 538 g/mol. The van der Waals surface area contributed by atoms with Gasteiger partial charge in [-0.15, -0.1) is 11.3 Å². The van der Waals surface area contributed by atoms with Gasteiger partial charge in [-0.05, 0) is 29.2 Å². The molecule has 2 aromatic heterocycles. The van der Waals surface area contributed by atoms with Crippen LogP contribution in [-0.2, 0) is 17.8 Å². The Morgan fingerprint density at radius 1 is 1.03 bits per heavy atom. The fourth-order valence-electron chi connectivity index (χ4n) is 4.31. The SMILES string of the molecule is COc1ccc(-c2csc3nc(CN(Cc4ccccc4)C[C@H](O)COCC(C)C)[nH]c(=O)c23)cc1OC. The van der Waals surface area contributed by atoms with Crippen LogP contribution in [-0.4, -0.2) is 60.1 Å². The van der Waals surface area contributed by atoms with Crippen LogP contribution < -0.4 is 15.0 Å². The van der Waals surface area contributed by atoms with Gasteiger partial charge in [-0.25, -0.2) is 4.98 Å². The van der Waals surface area contributed by atoms with Gasteiger partial charge in [0.25, 0.3) is 5.56 Å². The zero-order valence-electron chi connectivity index (χ0n) is 22.3. The second-order valence-electron chi connectivity index (χ2n) is 9.65. The second-order valence-corrected chi connectivity index (χ2v) is 10.5. The van der Waals surface area contributed by atoms with E-state index in [4.69, 9.17) is 19.2 Å². The number of aliphatic hydroxyl groups excluding tert-OH is 1. The highest BCUT2D eigenvalue weighted by molar-refractivity contribution is 7.17. The van der Waals surface area contributed by atoms with E-state index in [1.807, 2.05) is 53.9 Å². The minimum Gasteiger partial charge on any atom is -0.493 e. The summed E-state index contributed by atoms with van der Waals surface area (Å²) in [7, 11) is 3.18. The Morgan fingerprint density at radius 2 is 1.79 bits per heavy atom. The molecule has 0 bridgehead atoms. The largest absolute Gasteiger partial charge is 0.493 e. The molecule has 0 saturated heterocycles. The number of methoxy groups -OCH3 is 2. The van der Waals surface area contributed by atoms with Crippen molar-refractivity contribution in [3.63, 3.8) is 0 Å². The molecule has 0 aliphatic carbocycles. The normalized spacial score (nSPS) is 12.4. The zero-order valence-corrected chi connectivity index (χ0v) is 23.1. The molecule has 0 saturated carbocycles.